The molecule has 0 atom stereocenters. The molecule has 3 aromatic rings. The van der Waals surface area contributed by atoms with Crippen LogP contribution >= 0.6 is 27.5 Å². The van der Waals surface area contributed by atoms with Gasteiger partial charge in [-0.1, -0.05) is 22.0 Å². The van der Waals surface area contributed by atoms with E-state index in [2.05, 4.69) is 54.6 Å². The van der Waals surface area contributed by atoms with Gasteiger partial charge in [-0.05, 0) is 36.4 Å². The van der Waals surface area contributed by atoms with Gasteiger partial charge in [0.05, 0.1) is 16.9 Å². The zero-order valence-corrected chi connectivity index (χ0v) is 14.2. The number of halogens is 2. The molecule has 2 aromatic carbocycles. The van der Waals surface area contributed by atoms with E-state index in [0.717, 1.165) is 32.7 Å². The van der Waals surface area contributed by atoms with Crippen LogP contribution in [-0.4, -0.2) is 23.6 Å². The molecule has 21 heavy (non-hydrogen) atoms. The molecule has 108 valence electrons. The minimum Gasteiger partial charge on any atom is -0.378 e. The summed E-state index contributed by atoms with van der Waals surface area (Å²) in [6.07, 6.45) is 0. The van der Waals surface area contributed by atoms with Crippen LogP contribution in [-0.2, 0) is 5.88 Å². The van der Waals surface area contributed by atoms with Crippen molar-refractivity contribution >= 4 is 44.3 Å². The fraction of sp³-hybridized carbons (Fsp3) is 0.188. The highest BCUT2D eigenvalue weighted by Gasteiger charge is 2.12. The Bertz CT molecular complexity index is 795. The average molecular weight is 365 g/mol. The highest BCUT2D eigenvalue weighted by Crippen LogP contribution is 2.27. The Kier molecular flexibility index (Phi) is 3.91. The van der Waals surface area contributed by atoms with Crippen molar-refractivity contribution in [2.24, 2.45) is 0 Å². The number of hydrogen-bond acceptors (Lipinski definition) is 2. The van der Waals surface area contributed by atoms with Gasteiger partial charge in [-0.3, -0.25) is 4.57 Å². The summed E-state index contributed by atoms with van der Waals surface area (Å²) in [6, 6.07) is 14.4. The summed E-state index contributed by atoms with van der Waals surface area (Å²) in [4.78, 5) is 6.70. The third-order valence-corrected chi connectivity index (χ3v) is 4.14. The molecule has 0 N–H and O–H groups in total. The number of imidazole rings is 1. The van der Waals surface area contributed by atoms with E-state index in [9.17, 15) is 0 Å². The van der Waals surface area contributed by atoms with Crippen LogP contribution in [0.3, 0.4) is 0 Å². The van der Waals surface area contributed by atoms with E-state index in [0.29, 0.717) is 5.88 Å². The summed E-state index contributed by atoms with van der Waals surface area (Å²) < 4.78 is 3.14. The normalized spacial score (nSPS) is 11.0. The molecular weight excluding hydrogens is 350 g/mol. The summed E-state index contributed by atoms with van der Waals surface area (Å²) in [5, 5.41) is 0. The Balaban J connectivity index is 2.27. The quantitative estimate of drug-likeness (QED) is 0.634. The zero-order valence-electron chi connectivity index (χ0n) is 11.8. The Morgan fingerprint density at radius 2 is 2.00 bits per heavy atom. The minimum atomic E-state index is 0.374. The second kappa shape index (κ2) is 5.70. The first-order valence-corrected chi connectivity index (χ1v) is 7.93. The Hall–Kier alpha value is -1.52. The van der Waals surface area contributed by atoms with E-state index in [1.807, 2.05) is 32.3 Å². The fourth-order valence-corrected chi connectivity index (χ4v) is 2.91. The van der Waals surface area contributed by atoms with Gasteiger partial charge in [-0.25, -0.2) is 4.98 Å². The molecule has 0 aliphatic carbocycles. The number of aromatic nitrogens is 2. The van der Waals surface area contributed by atoms with Crippen molar-refractivity contribution in [3.8, 4) is 5.69 Å². The maximum atomic E-state index is 6.09. The van der Waals surface area contributed by atoms with Gasteiger partial charge >= 0.3 is 0 Å². The molecule has 0 saturated heterocycles. The van der Waals surface area contributed by atoms with Crippen molar-refractivity contribution in [3.63, 3.8) is 0 Å². The molecule has 0 unspecified atom stereocenters. The topological polar surface area (TPSA) is 21.1 Å². The van der Waals surface area contributed by atoms with Gasteiger partial charge in [0.15, 0.2) is 0 Å². The summed E-state index contributed by atoms with van der Waals surface area (Å²) in [5.41, 5.74) is 4.21. The van der Waals surface area contributed by atoms with Crippen molar-refractivity contribution in [2.75, 3.05) is 19.0 Å². The first kappa shape index (κ1) is 14.4. The van der Waals surface area contributed by atoms with Crippen LogP contribution in [0, 0.1) is 0 Å². The second-order valence-electron chi connectivity index (χ2n) is 5.04. The number of hydrogen-bond donors (Lipinski definition) is 0. The lowest BCUT2D eigenvalue weighted by atomic mass is 10.2. The molecule has 0 saturated carbocycles. The van der Waals surface area contributed by atoms with Gasteiger partial charge in [0.25, 0.3) is 0 Å². The number of alkyl halides is 1. The van der Waals surface area contributed by atoms with Crippen LogP contribution in [0.1, 0.15) is 5.82 Å². The number of benzene rings is 2. The number of rotatable bonds is 3. The molecule has 1 aromatic heterocycles. The van der Waals surface area contributed by atoms with Crippen LogP contribution < -0.4 is 4.90 Å². The second-order valence-corrected chi connectivity index (χ2v) is 6.23. The molecular formula is C16H15BrClN3. The Morgan fingerprint density at radius 3 is 2.71 bits per heavy atom. The lowest BCUT2D eigenvalue weighted by Crippen LogP contribution is -2.09. The SMILES string of the molecule is CN(C)c1cccc(-n2c(CCl)nc3ccc(Br)cc32)c1. The molecule has 1 heterocycles. The van der Waals surface area contributed by atoms with Crippen molar-refractivity contribution in [1.82, 2.24) is 9.55 Å². The van der Waals surface area contributed by atoms with Crippen molar-refractivity contribution in [2.45, 2.75) is 5.88 Å². The lowest BCUT2D eigenvalue weighted by molar-refractivity contribution is 0.979. The predicted octanol–water partition coefficient (Wildman–Crippen LogP) is 4.59. The van der Waals surface area contributed by atoms with Crippen LogP contribution in [0.4, 0.5) is 5.69 Å². The van der Waals surface area contributed by atoms with Crippen molar-refractivity contribution in [1.29, 1.82) is 0 Å². The Labute approximate surface area is 137 Å². The first-order chi connectivity index (χ1) is 10.1. The van der Waals surface area contributed by atoms with E-state index in [1.54, 1.807) is 0 Å². The lowest BCUT2D eigenvalue weighted by Gasteiger charge is -2.15. The third-order valence-electron chi connectivity index (χ3n) is 3.41. The van der Waals surface area contributed by atoms with Gasteiger partial charge in [0, 0.05) is 29.9 Å². The summed E-state index contributed by atoms with van der Waals surface area (Å²) >= 11 is 9.62. The number of nitrogens with zero attached hydrogens (tertiary/aromatic N) is 3. The Morgan fingerprint density at radius 1 is 1.19 bits per heavy atom. The van der Waals surface area contributed by atoms with E-state index in [4.69, 9.17) is 11.6 Å². The summed E-state index contributed by atoms with van der Waals surface area (Å²) in [6.45, 7) is 0. The van der Waals surface area contributed by atoms with Crippen molar-refractivity contribution in [3.05, 3.63) is 52.8 Å². The molecule has 0 radical (unpaired) electrons. The van der Waals surface area contributed by atoms with Crippen LogP contribution in [0.25, 0.3) is 16.7 Å². The van der Waals surface area contributed by atoms with Crippen LogP contribution in [0.5, 0.6) is 0 Å². The van der Waals surface area contributed by atoms with Gasteiger partial charge in [0.1, 0.15) is 5.82 Å². The largest absolute Gasteiger partial charge is 0.378 e. The molecule has 0 aliphatic rings. The first-order valence-electron chi connectivity index (χ1n) is 6.61. The van der Waals surface area contributed by atoms with Crippen LogP contribution in [0.2, 0.25) is 0 Å². The number of fused-ring (bicyclic) bond motifs is 1. The number of anilines is 1. The molecule has 0 spiro atoms. The average Bonchev–Trinajstić information content (AvgIpc) is 2.85. The highest BCUT2D eigenvalue weighted by molar-refractivity contribution is 9.10. The summed E-state index contributed by atoms with van der Waals surface area (Å²) in [5.74, 6) is 1.22. The van der Waals surface area contributed by atoms with E-state index in [1.165, 1.54) is 0 Å². The van der Waals surface area contributed by atoms with Crippen molar-refractivity contribution < 1.29 is 0 Å². The maximum Gasteiger partial charge on any atom is 0.129 e. The molecule has 0 amide bonds. The molecule has 0 bridgehead atoms. The standard InChI is InChI=1S/C16H15BrClN3/c1-20(2)12-4-3-5-13(9-12)21-15-8-11(17)6-7-14(15)19-16(21)10-18/h3-9H,10H2,1-2H3. The van der Waals surface area contributed by atoms with E-state index in [-0.39, 0.29) is 0 Å². The van der Waals surface area contributed by atoms with Gasteiger partial charge in [-0.15, -0.1) is 11.6 Å². The fourth-order valence-electron chi connectivity index (χ4n) is 2.39. The van der Waals surface area contributed by atoms with Gasteiger partial charge in [-0.2, -0.15) is 0 Å². The van der Waals surface area contributed by atoms with Gasteiger partial charge in [0.2, 0.25) is 0 Å². The molecule has 5 heteroatoms. The highest BCUT2D eigenvalue weighted by atomic mass is 79.9. The third kappa shape index (κ3) is 2.65. The molecule has 3 rings (SSSR count). The molecule has 0 aliphatic heterocycles. The monoisotopic (exact) mass is 363 g/mol. The maximum absolute atomic E-state index is 6.09. The van der Waals surface area contributed by atoms with E-state index >= 15 is 0 Å². The minimum absolute atomic E-state index is 0.374. The predicted molar refractivity (Wildman–Crippen MR) is 92.7 cm³/mol. The smallest absolute Gasteiger partial charge is 0.129 e. The molecule has 3 nitrogen and oxygen atoms in total. The summed E-state index contributed by atoms with van der Waals surface area (Å²) in [7, 11) is 4.06. The zero-order chi connectivity index (χ0) is 15.0. The molecule has 0 fully saturated rings. The van der Waals surface area contributed by atoms with Crippen LogP contribution in [0.15, 0.2) is 46.9 Å². The van der Waals surface area contributed by atoms with E-state index < -0.39 is 0 Å². The van der Waals surface area contributed by atoms with Gasteiger partial charge < -0.3 is 4.90 Å².